The van der Waals surface area contributed by atoms with Crippen molar-refractivity contribution in [3.8, 4) is 0 Å². The van der Waals surface area contributed by atoms with Gasteiger partial charge in [0.2, 0.25) is 5.91 Å². The molecular weight excluding hydrogens is 210 g/mol. The van der Waals surface area contributed by atoms with Crippen molar-refractivity contribution >= 4 is 17.5 Å². The molecule has 0 spiro atoms. The van der Waals surface area contributed by atoms with Gasteiger partial charge in [0.25, 0.3) is 0 Å². The quantitative estimate of drug-likeness (QED) is 0.767. The van der Waals surface area contributed by atoms with Gasteiger partial charge in [-0.1, -0.05) is 24.3 Å². The largest absolute Gasteiger partial charge is 0.348 e. The number of amides is 1. The maximum absolute atomic E-state index is 11.5. The van der Waals surface area contributed by atoms with Gasteiger partial charge in [0.1, 0.15) is 5.38 Å². The lowest BCUT2D eigenvalue weighted by Crippen LogP contribution is -2.32. The Labute approximate surface area is 94.6 Å². The predicted octanol–water partition coefficient (Wildman–Crippen LogP) is 2.42. The van der Waals surface area contributed by atoms with Crippen LogP contribution in [-0.4, -0.2) is 11.3 Å². The minimum Gasteiger partial charge on any atom is -0.348 e. The fourth-order valence-electron chi connectivity index (χ4n) is 1.99. The molecule has 1 N–H and O–H groups in total. The molecule has 0 aromatic heterocycles. The number of carbonyl (C=O) groups is 1. The fraction of sp³-hybridized carbons (Fsp3) is 0.417. The van der Waals surface area contributed by atoms with Crippen molar-refractivity contribution in [1.29, 1.82) is 0 Å². The van der Waals surface area contributed by atoms with Gasteiger partial charge < -0.3 is 5.32 Å². The molecule has 2 nitrogen and oxygen atoms in total. The third-order valence-corrected chi connectivity index (χ3v) is 3.01. The number of hydrogen-bond donors (Lipinski definition) is 1. The smallest absolute Gasteiger partial charge is 0.238 e. The molecule has 3 heteroatoms. The zero-order valence-corrected chi connectivity index (χ0v) is 9.42. The molecule has 2 rings (SSSR count). The number of hydrogen-bond acceptors (Lipinski definition) is 1. The Kier molecular flexibility index (Phi) is 2.96. The van der Waals surface area contributed by atoms with Gasteiger partial charge in [-0.15, -0.1) is 11.6 Å². The standard InChI is InChI=1S/C12H14ClNO/c1-8(13)12(15)14-11-7-6-9-4-2-3-5-10(9)11/h2-5,8,11H,6-7H2,1H3,(H,14,15). The van der Waals surface area contributed by atoms with E-state index in [2.05, 4.69) is 17.4 Å². The highest BCUT2D eigenvalue weighted by molar-refractivity contribution is 6.30. The molecular formula is C12H14ClNO. The maximum atomic E-state index is 11.5. The Bertz CT molecular complexity index is 376. The van der Waals surface area contributed by atoms with Crippen molar-refractivity contribution < 1.29 is 4.79 Å². The molecule has 0 saturated heterocycles. The Morgan fingerprint density at radius 3 is 3.00 bits per heavy atom. The lowest BCUT2D eigenvalue weighted by atomic mass is 10.1. The van der Waals surface area contributed by atoms with E-state index in [0.717, 1.165) is 12.8 Å². The monoisotopic (exact) mass is 223 g/mol. The van der Waals surface area contributed by atoms with Crippen LogP contribution in [0.1, 0.15) is 30.5 Å². The van der Waals surface area contributed by atoms with Crippen molar-refractivity contribution in [2.75, 3.05) is 0 Å². The Balaban J connectivity index is 2.11. The van der Waals surface area contributed by atoms with Crippen molar-refractivity contribution in [1.82, 2.24) is 5.32 Å². The molecule has 0 radical (unpaired) electrons. The van der Waals surface area contributed by atoms with E-state index in [1.54, 1.807) is 6.92 Å². The average molecular weight is 224 g/mol. The van der Waals surface area contributed by atoms with Gasteiger partial charge in [-0.3, -0.25) is 4.79 Å². The molecule has 1 aromatic carbocycles. The highest BCUT2D eigenvalue weighted by atomic mass is 35.5. The highest BCUT2D eigenvalue weighted by Gasteiger charge is 2.24. The summed E-state index contributed by atoms with van der Waals surface area (Å²) in [5.74, 6) is -0.0848. The minimum atomic E-state index is -0.460. The summed E-state index contributed by atoms with van der Waals surface area (Å²) in [5, 5.41) is 2.50. The number of aryl methyl sites for hydroxylation is 1. The second-order valence-electron chi connectivity index (χ2n) is 3.91. The van der Waals surface area contributed by atoms with Crippen LogP contribution in [0.4, 0.5) is 0 Å². The van der Waals surface area contributed by atoms with Crippen LogP contribution in [0.25, 0.3) is 0 Å². The molecule has 15 heavy (non-hydrogen) atoms. The number of carbonyl (C=O) groups excluding carboxylic acids is 1. The van der Waals surface area contributed by atoms with Crippen molar-refractivity contribution in [3.05, 3.63) is 35.4 Å². The number of halogens is 1. The van der Waals surface area contributed by atoms with Crippen LogP contribution >= 0.6 is 11.6 Å². The topological polar surface area (TPSA) is 29.1 Å². The predicted molar refractivity (Wildman–Crippen MR) is 61.0 cm³/mol. The molecule has 1 amide bonds. The minimum absolute atomic E-state index is 0.0848. The molecule has 0 saturated carbocycles. The molecule has 1 aliphatic carbocycles. The van der Waals surface area contributed by atoms with E-state index in [-0.39, 0.29) is 11.9 Å². The van der Waals surface area contributed by atoms with Crippen LogP contribution < -0.4 is 5.32 Å². The van der Waals surface area contributed by atoms with Crippen LogP contribution in [0.2, 0.25) is 0 Å². The lowest BCUT2D eigenvalue weighted by molar-refractivity contribution is -0.121. The van der Waals surface area contributed by atoms with Gasteiger partial charge in [0.15, 0.2) is 0 Å². The summed E-state index contributed by atoms with van der Waals surface area (Å²) in [6, 6.07) is 8.38. The first-order chi connectivity index (χ1) is 7.18. The van der Waals surface area contributed by atoms with Crippen LogP contribution in [0.3, 0.4) is 0 Å². The first kappa shape index (κ1) is 10.5. The summed E-state index contributed by atoms with van der Waals surface area (Å²) in [4.78, 5) is 11.5. The Hall–Kier alpha value is -1.02. The molecule has 0 heterocycles. The second kappa shape index (κ2) is 4.23. The maximum Gasteiger partial charge on any atom is 0.238 e. The summed E-state index contributed by atoms with van der Waals surface area (Å²) >= 11 is 5.72. The second-order valence-corrected chi connectivity index (χ2v) is 4.57. The zero-order chi connectivity index (χ0) is 10.8. The van der Waals surface area contributed by atoms with Gasteiger partial charge in [-0.25, -0.2) is 0 Å². The SMILES string of the molecule is CC(Cl)C(=O)NC1CCc2ccccc21. The van der Waals surface area contributed by atoms with E-state index in [1.807, 2.05) is 12.1 Å². The number of alkyl halides is 1. The Morgan fingerprint density at radius 2 is 2.27 bits per heavy atom. The summed E-state index contributed by atoms with van der Waals surface area (Å²) < 4.78 is 0. The van der Waals surface area contributed by atoms with E-state index < -0.39 is 5.38 Å². The molecule has 0 aliphatic heterocycles. The van der Waals surface area contributed by atoms with E-state index in [0.29, 0.717) is 0 Å². The van der Waals surface area contributed by atoms with E-state index >= 15 is 0 Å². The molecule has 1 aromatic rings. The summed E-state index contributed by atoms with van der Waals surface area (Å²) in [5.41, 5.74) is 2.58. The van der Waals surface area contributed by atoms with Gasteiger partial charge in [0.05, 0.1) is 6.04 Å². The summed E-state index contributed by atoms with van der Waals surface area (Å²) in [6.07, 6.45) is 2.02. The first-order valence-electron chi connectivity index (χ1n) is 5.20. The molecule has 80 valence electrons. The van der Waals surface area contributed by atoms with E-state index in [1.165, 1.54) is 11.1 Å². The average Bonchev–Trinajstić information content (AvgIpc) is 2.62. The lowest BCUT2D eigenvalue weighted by Gasteiger charge is -2.14. The van der Waals surface area contributed by atoms with Crippen LogP contribution in [0.5, 0.6) is 0 Å². The van der Waals surface area contributed by atoms with Crippen LogP contribution in [0.15, 0.2) is 24.3 Å². The number of nitrogens with one attached hydrogen (secondary N) is 1. The van der Waals surface area contributed by atoms with Gasteiger partial charge >= 0.3 is 0 Å². The zero-order valence-electron chi connectivity index (χ0n) is 8.66. The van der Waals surface area contributed by atoms with Crippen molar-refractivity contribution in [2.45, 2.75) is 31.2 Å². The molecule has 0 fully saturated rings. The third-order valence-electron chi connectivity index (χ3n) is 2.81. The van der Waals surface area contributed by atoms with Gasteiger partial charge in [-0.2, -0.15) is 0 Å². The molecule has 2 unspecified atom stereocenters. The van der Waals surface area contributed by atoms with Crippen molar-refractivity contribution in [2.24, 2.45) is 0 Å². The molecule has 1 aliphatic rings. The van der Waals surface area contributed by atoms with Crippen molar-refractivity contribution in [3.63, 3.8) is 0 Å². The molecule has 0 bridgehead atoms. The fourth-order valence-corrected chi connectivity index (χ4v) is 2.06. The normalized spacial score (nSPS) is 20.8. The van der Waals surface area contributed by atoms with Gasteiger partial charge in [-0.05, 0) is 30.9 Å². The van der Waals surface area contributed by atoms with Crippen LogP contribution in [-0.2, 0) is 11.2 Å². The van der Waals surface area contributed by atoms with Crippen LogP contribution in [0, 0.1) is 0 Å². The van der Waals surface area contributed by atoms with E-state index in [9.17, 15) is 4.79 Å². The number of rotatable bonds is 2. The number of fused-ring (bicyclic) bond motifs is 1. The summed E-state index contributed by atoms with van der Waals surface area (Å²) in [6.45, 7) is 1.69. The highest BCUT2D eigenvalue weighted by Crippen LogP contribution is 2.30. The Morgan fingerprint density at radius 1 is 1.53 bits per heavy atom. The third kappa shape index (κ3) is 2.15. The number of benzene rings is 1. The van der Waals surface area contributed by atoms with Gasteiger partial charge in [0, 0.05) is 0 Å². The summed E-state index contributed by atoms with van der Waals surface area (Å²) in [7, 11) is 0. The van der Waals surface area contributed by atoms with E-state index in [4.69, 9.17) is 11.6 Å². The first-order valence-corrected chi connectivity index (χ1v) is 5.64. The molecule has 2 atom stereocenters.